The summed E-state index contributed by atoms with van der Waals surface area (Å²) in [5.74, 6) is 1.61. The van der Waals surface area contributed by atoms with Crippen LogP contribution < -0.4 is 10.6 Å². The molecular formula is C18H24N4. The van der Waals surface area contributed by atoms with Gasteiger partial charge in [-0.05, 0) is 31.4 Å². The fourth-order valence-electron chi connectivity index (χ4n) is 2.98. The first-order chi connectivity index (χ1) is 10.8. The van der Waals surface area contributed by atoms with Crippen LogP contribution in [0.25, 0.3) is 0 Å². The van der Waals surface area contributed by atoms with Gasteiger partial charge in [0.05, 0.1) is 0 Å². The van der Waals surface area contributed by atoms with Crippen molar-refractivity contribution in [1.82, 2.24) is 9.97 Å². The van der Waals surface area contributed by atoms with Crippen LogP contribution in [-0.4, -0.2) is 16.0 Å². The van der Waals surface area contributed by atoms with Gasteiger partial charge in [-0.15, -0.1) is 0 Å². The van der Waals surface area contributed by atoms with Crippen molar-refractivity contribution >= 4 is 11.8 Å². The third kappa shape index (κ3) is 4.20. The highest BCUT2D eigenvalue weighted by Gasteiger charge is 2.13. The molecule has 4 heteroatoms. The summed E-state index contributed by atoms with van der Waals surface area (Å²) in [6, 6.07) is 11.0. The van der Waals surface area contributed by atoms with Crippen molar-refractivity contribution in [3.8, 4) is 0 Å². The number of hydrogen-bond acceptors (Lipinski definition) is 4. The molecule has 2 N–H and O–H groups in total. The van der Waals surface area contributed by atoms with Crippen molar-refractivity contribution in [2.45, 2.75) is 51.6 Å². The summed E-state index contributed by atoms with van der Waals surface area (Å²) in [7, 11) is 0. The molecule has 22 heavy (non-hydrogen) atoms. The van der Waals surface area contributed by atoms with E-state index in [0.29, 0.717) is 12.0 Å². The molecule has 1 saturated carbocycles. The fourth-order valence-corrected chi connectivity index (χ4v) is 2.98. The van der Waals surface area contributed by atoms with Crippen molar-refractivity contribution < 1.29 is 0 Å². The van der Waals surface area contributed by atoms with Crippen LogP contribution in [0.15, 0.2) is 36.5 Å². The molecule has 0 unspecified atom stereocenters. The molecule has 0 bridgehead atoms. The van der Waals surface area contributed by atoms with Gasteiger partial charge >= 0.3 is 0 Å². The smallest absolute Gasteiger partial charge is 0.224 e. The number of nitrogens with one attached hydrogen (secondary N) is 2. The third-order valence-corrected chi connectivity index (χ3v) is 4.15. The van der Waals surface area contributed by atoms with Crippen LogP contribution >= 0.6 is 0 Å². The average Bonchev–Trinajstić information content (AvgIpc) is 2.54. The zero-order valence-corrected chi connectivity index (χ0v) is 13.2. The second-order valence-electron chi connectivity index (χ2n) is 6.09. The SMILES string of the molecule is Cc1cccc(CNc2nccc(NC3CCCCC3)n2)c1. The van der Waals surface area contributed by atoms with Gasteiger partial charge in [0.25, 0.3) is 0 Å². The van der Waals surface area contributed by atoms with Gasteiger partial charge < -0.3 is 10.6 Å². The van der Waals surface area contributed by atoms with Crippen LogP contribution in [0, 0.1) is 6.92 Å². The minimum atomic E-state index is 0.563. The lowest BCUT2D eigenvalue weighted by Crippen LogP contribution is -2.23. The standard InChI is InChI=1S/C18H24N4/c1-14-6-5-7-15(12-14)13-20-18-19-11-10-17(22-18)21-16-8-3-2-4-9-16/h5-7,10-12,16H,2-4,8-9,13H2,1H3,(H2,19,20,21,22). The highest BCUT2D eigenvalue weighted by atomic mass is 15.1. The molecule has 1 aromatic heterocycles. The van der Waals surface area contributed by atoms with E-state index in [2.05, 4.69) is 51.8 Å². The molecule has 1 fully saturated rings. The summed E-state index contributed by atoms with van der Waals surface area (Å²) >= 11 is 0. The highest BCUT2D eigenvalue weighted by Crippen LogP contribution is 2.21. The lowest BCUT2D eigenvalue weighted by Gasteiger charge is -2.23. The van der Waals surface area contributed by atoms with Gasteiger partial charge in [0.15, 0.2) is 0 Å². The van der Waals surface area contributed by atoms with Crippen LogP contribution in [0.1, 0.15) is 43.2 Å². The van der Waals surface area contributed by atoms with Crippen molar-refractivity contribution in [3.63, 3.8) is 0 Å². The molecule has 116 valence electrons. The Morgan fingerprint density at radius 2 is 2.00 bits per heavy atom. The van der Waals surface area contributed by atoms with Crippen LogP contribution in [0.3, 0.4) is 0 Å². The summed E-state index contributed by atoms with van der Waals surface area (Å²) in [5, 5.41) is 6.84. The molecule has 0 spiro atoms. The fraction of sp³-hybridized carbons (Fsp3) is 0.444. The van der Waals surface area contributed by atoms with Gasteiger partial charge in [-0.2, -0.15) is 4.98 Å². The number of rotatable bonds is 5. The van der Waals surface area contributed by atoms with Gasteiger partial charge in [-0.25, -0.2) is 4.98 Å². The van der Waals surface area contributed by atoms with E-state index < -0.39 is 0 Å². The van der Waals surface area contributed by atoms with Crippen molar-refractivity contribution in [3.05, 3.63) is 47.7 Å². The van der Waals surface area contributed by atoms with E-state index in [1.54, 1.807) is 0 Å². The Kier molecular flexibility index (Phi) is 4.88. The number of aromatic nitrogens is 2. The minimum Gasteiger partial charge on any atom is -0.367 e. The first-order valence-electron chi connectivity index (χ1n) is 8.18. The van der Waals surface area contributed by atoms with Crippen LogP contribution in [0.2, 0.25) is 0 Å². The third-order valence-electron chi connectivity index (χ3n) is 4.15. The van der Waals surface area contributed by atoms with E-state index in [1.165, 1.54) is 43.2 Å². The van der Waals surface area contributed by atoms with Gasteiger partial charge in [-0.1, -0.05) is 49.1 Å². The molecule has 0 saturated heterocycles. The monoisotopic (exact) mass is 296 g/mol. The number of aryl methyl sites for hydroxylation is 1. The van der Waals surface area contributed by atoms with E-state index in [1.807, 2.05) is 12.3 Å². The molecule has 0 amide bonds. The van der Waals surface area contributed by atoms with E-state index in [-0.39, 0.29) is 0 Å². The van der Waals surface area contributed by atoms with Crippen molar-refractivity contribution in [2.24, 2.45) is 0 Å². The van der Waals surface area contributed by atoms with E-state index in [4.69, 9.17) is 0 Å². The number of nitrogens with zero attached hydrogens (tertiary/aromatic N) is 2. The maximum atomic E-state index is 4.57. The molecule has 1 heterocycles. The molecule has 0 radical (unpaired) electrons. The number of benzene rings is 1. The minimum absolute atomic E-state index is 0.563. The highest BCUT2D eigenvalue weighted by molar-refractivity contribution is 5.41. The largest absolute Gasteiger partial charge is 0.367 e. The van der Waals surface area contributed by atoms with Crippen LogP contribution in [0.5, 0.6) is 0 Å². The Morgan fingerprint density at radius 1 is 1.14 bits per heavy atom. The molecule has 3 rings (SSSR count). The van der Waals surface area contributed by atoms with Crippen molar-refractivity contribution in [1.29, 1.82) is 0 Å². The van der Waals surface area contributed by atoms with Gasteiger partial charge in [0.2, 0.25) is 5.95 Å². The Balaban J connectivity index is 1.58. The summed E-state index contributed by atoms with van der Waals surface area (Å²) in [4.78, 5) is 8.88. The molecule has 4 nitrogen and oxygen atoms in total. The summed E-state index contributed by atoms with van der Waals surface area (Å²) < 4.78 is 0. The summed E-state index contributed by atoms with van der Waals surface area (Å²) in [5.41, 5.74) is 2.52. The second kappa shape index (κ2) is 7.25. The zero-order valence-electron chi connectivity index (χ0n) is 13.2. The molecule has 1 aliphatic rings. The molecule has 1 aliphatic carbocycles. The van der Waals surface area contributed by atoms with E-state index in [0.717, 1.165) is 12.4 Å². The molecular weight excluding hydrogens is 272 g/mol. The van der Waals surface area contributed by atoms with Gasteiger partial charge in [0.1, 0.15) is 5.82 Å². The Hall–Kier alpha value is -2.10. The first kappa shape index (κ1) is 14.8. The number of hydrogen-bond donors (Lipinski definition) is 2. The Labute approximate surface area is 132 Å². The quantitative estimate of drug-likeness (QED) is 0.870. The zero-order chi connectivity index (χ0) is 15.2. The normalized spacial score (nSPS) is 15.5. The Morgan fingerprint density at radius 3 is 2.82 bits per heavy atom. The van der Waals surface area contributed by atoms with Gasteiger partial charge in [-0.3, -0.25) is 0 Å². The second-order valence-corrected chi connectivity index (χ2v) is 6.09. The summed E-state index contributed by atoms with van der Waals surface area (Å²) in [6.07, 6.45) is 8.32. The van der Waals surface area contributed by atoms with Crippen LogP contribution in [0.4, 0.5) is 11.8 Å². The molecule has 2 aromatic rings. The van der Waals surface area contributed by atoms with Gasteiger partial charge in [0, 0.05) is 18.8 Å². The number of anilines is 2. The van der Waals surface area contributed by atoms with Crippen molar-refractivity contribution in [2.75, 3.05) is 10.6 Å². The van der Waals surface area contributed by atoms with E-state index >= 15 is 0 Å². The molecule has 1 aromatic carbocycles. The lowest BCUT2D eigenvalue weighted by atomic mass is 9.95. The van der Waals surface area contributed by atoms with Crippen LogP contribution in [-0.2, 0) is 6.54 Å². The maximum Gasteiger partial charge on any atom is 0.224 e. The predicted octanol–water partition coefficient (Wildman–Crippen LogP) is 4.14. The topological polar surface area (TPSA) is 49.8 Å². The average molecular weight is 296 g/mol. The summed E-state index contributed by atoms with van der Waals surface area (Å²) in [6.45, 7) is 2.85. The Bertz CT molecular complexity index is 606. The lowest BCUT2D eigenvalue weighted by molar-refractivity contribution is 0.462. The predicted molar refractivity (Wildman–Crippen MR) is 91.0 cm³/mol. The molecule has 0 aliphatic heterocycles. The first-order valence-corrected chi connectivity index (χ1v) is 8.18. The maximum absolute atomic E-state index is 4.57. The van der Waals surface area contributed by atoms with E-state index in [9.17, 15) is 0 Å². The molecule has 0 atom stereocenters.